The second-order valence-electron chi connectivity index (χ2n) is 4.62. The molecule has 0 unspecified atom stereocenters. The standard InChI is InChI=1S/C17H17NO3.ClH/c1-21-16-4-2-3-15(13-16)6-5-14-7-10-18(11-8-14)12-9-17(19)20;/h2-8,10-11,13H,9,12H2,1H3;1H/b6-5-;. The molecule has 2 aromatic rings. The number of hydrogen-bond acceptors (Lipinski definition) is 2. The highest BCUT2D eigenvalue weighted by molar-refractivity contribution is 5.69. The van der Waals surface area contributed by atoms with Crippen LogP contribution in [0.2, 0.25) is 0 Å². The van der Waals surface area contributed by atoms with Crippen LogP contribution in [0.5, 0.6) is 5.75 Å². The second-order valence-corrected chi connectivity index (χ2v) is 4.62. The maximum absolute atomic E-state index is 10.5. The fraction of sp³-hybridized carbons (Fsp3) is 0.176. The van der Waals surface area contributed by atoms with Crippen molar-refractivity contribution in [2.24, 2.45) is 0 Å². The summed E-state index contributed by atoms with van der Waals surface area (Å²) in [7, 11) is 1.65. The first kappa shape index (κ1) is 17.7. The molecule has 22 heavy (non-hydrogen) atoms. The number of nitrogens with zero attached hydrogens (tertiary/aromatic N) is 1. The van der Waals surface area contributed by atoms with E-state index in [0.717, 1.165) is 16.9 Å². The molecule has 0 aliphatic heterocycles. The maximum Gasteiger partial charge on any atom is 0.309 e. The van der Waals surface area contributed by atoms with Crippen molar-refractivity contribution in [3.63, 3.8) is 0 Å². The Hall–Kier alpha value is -2.33. The molecule has 0 aliphatic rings. The van der Waals surface area contributed by atoms with Crippen LogP contribution in [-0.4, -0.2) is 18.2 Å². The Labute approximate surface area is 136 Å². The fourth-order valence-electron chi connectivity index (χ4n) is 1.89. The predicted octanol–water partition coefficient (Wildman–Crippen LogP) is -0.368. The van der Waals surface area contributed by atoms with E-state index in [1.807, 2.05) is 65.5 Å². The Morgan fingerprint density at radius 1 is 1.18 bits per heavy atom. The molecule has 2 rings (SSSR count). The number of aliphatic carboxylic acids is 1. The van der Waals surface area contributed by atoms with E-state index in [4.69, 9.17) is 9.84 Å². The van der Waals surface area contributed by atoms with Crippen molar-refractivity contribution >= 4 is 18.1 Å². The van der Waals surface area contributed by atoms with Crippen LogP contribution in [0, 0.1) is 0 Å². The highest BCUT2D eigenvalue weighted by Gasteiger charge is 2.03. The Kier molecular flexibility index (Phi) is 7.13. The van der Waals surface area contributed by atoms with Gasteiger partial charge in [-0.3, -0.25) is 4.79 Å². The number of aryl methyl sites for hydroxylation is 1. The lowest BCUT2D eigenvalue weighted by Gasteiger charge is -2.00. The molecule has 0 atom stereocenters. The third kappa shape index (κ3) is 5.58. The largest absolute Gasteiger partial charge is 1.00 e. The number of carboxylic acid groups (broad SMARTS) is 1. The summed E-state index contributed by atoms with van der Waals surface area (Å²) in [6.45, 7) is 0.481. The smallest absolute Gasteiger partial charge is 0.309 e. The molecule has 1 aromatic carbocycles. The Morgan fingerprint density at radius 2 is 1.86 bits per heavy atom. The molecule has 0 amide bonds. The summed E-state index contributed by atoms with van der Waals surface area (Å²) in [4.78, 5) is 10.5. The SMILES string of the molecule is COc1cccc(/C=C\c2cc[n+](CCC(=O)O)cc2)c1.[Cl-]. The molecule has 1 aromatic heterocycles. The van der Waals surface area contributed by atoms with Crippen LogP contribution in [0.25, 0.3) is 12.2 Å². The molecule has 0 saturated heterocycles. The van der Waals surface area contributed by atoms with E-state index in [0.29, 0.717) is 6.54 Å². The van der Waals surface area contributed by atoms with Gasteiger partial charge in [0.05, 0.1) is 7.11 Å². The van der Waals surface area contributed by atoms with Gasteiger partial charge in [-0.15, -0.1) is 0 Å². The van der Waals surface area contributed by atoms with Crippen molar-refractivity contribution in [2.75, 3.05) is 7.11 Å². The first-order valence-electron chi connectivity index (χ1n) is 6.70. The van der Waals surface area contributed by atoms with E-state index in [-0.39, 0.29) is 18.8 Å². The molecule has 0 radical (unpaired) electrons. The molecule has 116 valence electrons. The van der Waals surface area contributed by atoms with Gasteiger partial charge in [-0.05, 0) is 23.3 Å². The van der Waals surface area contributed by atoms with Crippen LogP contribution in [0.1, 0.15) is 17.5 Å². The van der Waals surface area contributed by atoms with Gasteiger partial charge in [-0.1, -0.05) is 24.3 Å². The molecular formula is C17H18ClNO3. The van der Waals surface area contributed by atoms with Crippen LogP contribution >= 0.6 is 0 Å². The zero-order valence-electron chi connectivity index (χ0n) is 12.3. The minimum atomic E-state index is -0.788. The number of aromatic nitrogens is 1. The monoisotopic (exact) mass is 319 g/mol. The number of methoxy groups -OCH3 is 1. The second kappa shape index (κ2) is 8.85. The highest BCUT2D eigenvalue weighted by Crippen LogP contribution is 2.14. The lowest BCUT2D eigenvalue weighted by molar-refractivity contribution is -0.696. The van der Waals surface area contributed by atoms with Crippen molar-refractivity contribution < 1.29 is 31.6 Å². The zero-order valence-corrected chi connectivity index (χ0v) is 13.0. The summed E-state index contributed by atoms with van der Waals surface area (Å²) < 4.78 is 7.04. The van der Waals surface area contributed by atoms with E-state index < -0.39 is 5.97 Å². The van der Waals surface area contributed by atoms with Gasteiger partial charge in [-0.25, -0.2) is 4.57 Å². The van der Waals surface area contributed by atoms with E-state index in [1.165, 1.54) is 0 Å². The summed E-state index contributed by atoms with van der Waals surface area (Å²) in [6, 6.07) is 11.7. The summed E-state index contributed by atoms with van der Waals surface area (Å²) >= 11 is 0. The molecule has 0 saturated carbocycles. The zero-order chi connectivity index (χ0) is 15.1. The molecule has 0 bridgehead atoms. The third-order valence-electron chi connectivity index (χ3n) is 3.06. The van der Waals surface area contributed by atoms with Gasteiger partial charge in [0.1, 0.15) is 12.2 Å². The quantitative estimate of drug-likeness (QED) is 0.739. The van der Waals surface area contributed by atoms with Gasteiger partial charge in [-0.2, -0.15) is 0 Å². The van der Waals surface area contributed by atoms with Crippen LogP contribution in [0.15, 0.2) is 48.8 Å². The minimum Gasteiger partial charge on any atom is -1.00 e. The van der Waals surface area contributed by atoms with Crippen molar-refractivity contribution in [1.29, 1.82) is 0 Å². The summed E-state index contributed by atoms with van der Waals surface area (Å²) in [6.07, 6.45) is 7.92. The molecule has 1 heterocycles. The van der Waals surface area contributed by atoms with Crippen LogP contribution in [0.4, 0.5) is 0 Å². The Bertz CT molecular complexity index is 639. The maximum atomic E-state index is 10.5. The number of pyridine rings is 1. The lowest BCUT2D eigenvalue weighted by atomic mass is 10.1. The molecule has 4 nitrogen and oxygen atoms in total. The lowest BCUT2D eigenvalue weighted by Crippen LogP contribution is -3.00. The third-order valence-corrected chi connectivity index (χ3v) is 3.06. The van der Waals surface area contributed by atoms with E-state index >= 15 is 0 Å². The highest BCUT2D eigenvalue weighted by atomic mass is 35.5. The van der Waals surface area contributed by atoms with Crippen molar-refractivity contribution in [3.05, 3.63) is 59.9 Å². The number of halogens is 1. The number of hydrogen-bond donors (Lipinski definition) is 1. The van der Waals surface area contributed by atoms with Gasteiger partial charge >= 0.3 is 5.97 Å². The van der Waals surface area contributed by atoms with Crippen molar-refractivity contribution in [2.45, 2.75) is 13.0 Å². The van der Waals surface area contributed by atoms with Crippen molar-refractivity contribution in [1.82, 2.24) is 0 Å². The average molecular weight is 320 g/mol. The summed E-state index contributed by atoms with van der Waals surface area (Å²) in [5.41, 5.74) is 2.13. The topological polar surface area (TPSA) is 50.4 Å². The van der Waals surface area contributed by atoms with Gasteiger partial charge in [0, 0.05) is 12.1 Å². The van der Waals surface area contributed by atoms with Gasteiger partial charge < -0.3 is 22.3 Å². The van der Waals surface area contributed by atoms with Gasteiger partial charge in [0.25, 0.3) is 0 Å². The number of benzene rings is 1. The first-order valence-corrected chi connectivity index (χ1v) is 6.70. The van der Waals surface area contributed by atoms with Crippen LogP contribution < -0.4 is 21.7 Å². The molecule has 0 fully saturated rings. The van der Waals surface area contributed by atoms with E-state index in [9.17, 15) is 4.79 Å². The Morgan fingerprint density at radius 3 is 2.50 bits per heavy atom. The molecule has 5 heteroatoms. The van der Waals surface area contributed by atoms with E-state index in [2.05, 4.69) is 0 Å². The van der Waals surface area contributed by atoms with Crippen molar-refractivity contribution in [3.8, 4) is 5.75 Å². The van der Waals surface area contributed by atoms with Crippen LogP contribution in [-0.2, 0) is 11.3 Å². The molecular weight excluding hydrogens is 302 g/mol. The number of rotatable bonds is 6. The molecule has 0 aliphatic carbocycles. The summed E-state index contributed by atoms with van der Waals surface area (Å²) in [5.74, 6) is 0.0428. The first-order chi connectivity index (χ1) is 10.2. The van der Waals surface area contributed by atoms with E-state index in [1.54, 1.807) is 7.11 Å². The van der Waals surface area contributed by atoms with Crippen LogP contribution in [0.3, 0.4) is 0 Å². The molecule has 0 spiro atoms. The van der Waals surface area contributed by atoms with Gasteiger partial charge in [0.15, 0.2) is 18.9 Å². The normalized spacial score (nSPS) is 10.2. The predicted molar refractivity (Wildman–Crippen MR) is 80.8 cm³/mol. The molecule has 1 N–H and O–H groups in total. The van der Waals surface area contributed by atoms with Gasteiger partial charge in [0.2, 0.25) is 0 Å². The number of carboxylic acids is 1. The Balaban J connectivity index is 0.00000242. The fourth-order valence-corrected chi connectivity index (χ4v) is 1.89. The number of ether oxygens (including phenoxy) is 1. The average Bonchev–Trinajstić information content (AvgIpc) is 2.52. The summed E-state index contributed by atoms with van der Waals surface area (Å²) in [5, 5.41) is 8.65. The number of carbonyl (C=O) groups is 1. The minimum absolute atomic E-state index is 0.